The van der Waals surface area contributed by atoms with Crippen molar-refractivity contribution in [1.29, 1.82) is 0 Å². The molecule has 0 bridgehead atoms. The fourth-order valence-corrected chi connectivity index (χ4v) is 7.12. The van der Waals surface area contributed by atoms with Gasteiger partial charge < -0.3 is 4.42 Å². The molecular weight excluding hydrogens is 631 g/mol. The van der Waals surface area contributed by atoms with Crippen molar-refractivity contribution in [1.82, 2.24) is 15.0 Å². The largest absolute Gasteiger partial charge is 0.456 e. The third kappa shape index (κ3) is 4.79. The SMILES string of the molecule is [2H]c1c([2H])c([2H])c2c(oc3c([2H])c([2H])c([2H])c(-c4nc(-c5ccc(-c6cccc(-c7ccccc7)c6)cc5)nc(-c5c([2H])c([2H])c([2H])c6c5sc5c([2H])c([2H])c([2H])c([2H])c56)n4)c32)c1[2H]. The Balaban J connectivity index is 1.28. The molecule has 0 aliphatic carbocycles. The summed E-state index contributed by atoms with van der Waals surface area (Å²) >= 11 is 0.880. The molecule has 3 aromatic heterocycles. The van der Waals surface area contributed by atoms with Gasteiger partial charge in [0.15, 0.2) is 17.5 Å². The van der Waals surface area contributed by atoms with Crippen LogP contribution in [0.3, 0.4) is 0 Å². The first-order valence-corrected chi connectivity index (χ1v) is 16.3. The number of benzene rings is 7. The molecule has 5 heteroatoms. The molecule has 3 heterocycles. The van der Waals surface area contributed by atoms with E-state index in [1.165, 1.54) is 0 Å². The predicted molar refractivity (Wildman–Crippen MR) is 207 cm³/mol. The van der Waals surface area contributed by atoms with Gasteiger partial charge in [-0.3, -0.25) is 0 Å². The minimum absolute atomic E-state index is 0.00814. The van der Waals surface area contributed by atoms with Gasteiger partial charge in [0.05, 0.1) is 19.2 Å². The first-order valence-electron chi connectivity index (χ1n) is 22.5. The standard InChI is InChI=1S/C45H27N3OS/c1-2-11-28(12-3-1)31-13-8-14-32(27-31)29-23-25-30(26-24-29)43-46-44(36-18-10-21-39-41(36)35-16-4-6-20-38(35)49-39)48-45(47-43)37-19-9-17-34-33-15-5-7-22-40(33)50-42(34)37/h1-27H/i4D,5D,6D,7D,9D,10D,15D,16D,17D,18D,19D,20D,21D,22D. The molecule has 0 amide bonds. The summed E-state index contributed by atoms with van der Waals surface area (Å²) in [6, 6.07) is 17.7. The summed E-state index contributed by atoms with van der Waals surface area (Å²) in [5, 5.41) is -0.326. The van der Waals surface area contributed by atoms with Crippen LogP contribution in [-0.4, -0.2) is 15.0 Å². The van der Waals surface area contributed by atoms with Crippen molar-refractivity contribution in [3.8, 4) is 56.4 Å². The molecule has 0 N–H and O–H groups in total. The Labute approximate surface area is 311 Å². The van der Waals surface area contributed by atoms with Crippen molar-refractivity contribution in [2.75, 3.05) is 0 Å². The monoisotopic (exact) mass is 671 g/mol. The van der Waals surface area contributed by atoms with E-state index in [1.54, 1.807) is 12.1 Å². The number of nitrogens with zero attached hydrogens (tertiary/aromatic N) is 3. The molecule has 50 heavy (non-hydrogen) atoms. The molecule has 7 aromatic carbocycles. The van der Waals surface area contributed by atoms with Crippen molar-refractivity contribution in [2.24, 2.45) is 0 Å². The summed E-state index contributed by atoms with van der Waals surface area (Å²) in [5.74, 6) is -0.584. The molecule has 0 spiro atoms. The third-order valence-electron chi connectivity index (χ3n) is 8.41. The van der Waals surface area contributed by atoms with Gasteiger partial charge in [-0.25, -0.2) is 15.0 Å². The van der Waals surface area contributed by atoms with Crippen LogP contribution in [0.1, 0.15) is 19.2 Å². The summed E-state index contributed by atoms with van der Waals surface area (Å²) < 4.78 is 128. The average Bonchev–Trinajstić information content (AvgIpc) is 3.91. The number of rotatable bonds is 5. The molecular formula is C45H27N3OS. The number of fused-ring (bicyclic) bond motifs is 6. The van der Waals surface area contributed by atoms with E-state index in [0.717, 1.165) is 33.6 Å². The highest BCUT2D eigenvalue weighted by atomic mass is 32.1. The van der Waals surface area contributed by atoms with Crippen LogP contribution in [0, 0.1) is 0 Å². The number of hydrogen-bond acceptors (Lipinski definition) is 5. The number of aromatic nitrogens is 3. The maximum absolute atomic E-state index is 9.23. The predicted octanol–water partition coefficient (Wildman–Crippen LogP) is 12.5. The summed E-state index contributed by atoms with van der Waals surface area (Å²) in [7, 11) is 0. The quantitative estimate of drug-likeness (QED) is 0.183. The molecule has 0 aliphatic rings. The number of thiophene rings is 1. The van der Waals surface area contributed by atoms with E-state index in [1.807, 2.05) is 60.7 Å². The second-order valence-corrected chi connectivity index (χ2v) is 12.4. The lowest BCUT2D eigenvalue weighted by atomic mass is 9.98. The van der Waals surface area contributed by atoms with Crippen LogP contribution in [0.25, 0.3) is 98.5 Å². The van der Waals surface area contributed by atoms with E-state index < -0.39 is 78.6 Å². The van der Waals surface area contributed by atoms with Crippen LogP contribution >= 0.6 is 11.3 Å². The first-order chi connectivity index (χ1) is 30.6. The molecule has 0 atom stereocenters. The van der Waals surface area contributed by atoms with Crippen LogP contribution in [0.5, 0.6) is 0 Å². The normalized spacial score (nSPS) is 15.5. The molecule has 0 saturated carbocycles. The number of hydrogen-bond donors (Lipinski definition) is 0. The highest BCUT2D eigenvalue weighted by Gasteiger charge is 2.19. The van der Waals surface area contributed by atoms with Gasteiger partial charge in [-0.1, -0.05) is 133 Å². The maximum atomic E-state index is 9.23. The zero-order valence-corrected chi connectivity index (χ0v) is 26.5. The lowest BCUT2D eigenvalue weighted by Gasteiger charge is -2.11. The van der Waals surface area contributed by atoms with Gasteiger partial charge >= 0.3 is 0 Å². The molecule has 0 saturated heterocycles. The molecule has 0 unspecified atom stereocenters. The van der Waals surface area contributed by atoms with Crippen LogP contribution in [0.2, 0.25) is 0 Å². The Morgan fingerprint density at radius 1 is 0.460 bits per heavy atom. The topological polar surface area (TPSA) is 51.8 Å². The Bertz CT molecular complexity index is 3670. The minimum Gasteiger partial charge on any atom is -0.456 e. The zero-order valence-electron chi connectivity index (χ0n) is 39.7. The van der Waals surface area contributed by atoms with Crippen LogP contribution in [0.4, 0.5) is 0 Å². The zero-order chi connectivity index (χ0) is 45.2. The minimum atomic E-state index is -0.620. The summed E-state index contributed by atoms with van der Waals surface area (Å²) in [5.41, 5.74) is 3.26. The fraction of sp³-hybridized carbons (Fsp3) is 0. The van der Waals surface area contributed by atoms with Gasteiger partial charge in [-0.05, 0) is 52.5 Å². The van der Waals surface area contributed by atoms with Crippen LogP contribution in [0.15, 0.2) is 168 Å². The second-order valence-electron chi connectivity index (χ2n) is 11.4. The molecule has 0 aliphatic heterocycles. The van der Waals surface area contributed by atoms with E-state index in [2.05, 4.69) is 6.07 Å². The van der Waals surface area contributed by atoms with Gasteiger partial charge in [0.1, 0.15) is 11.2 Å². The molecule has 234 valence electrons. The van der Waals surface area contributed by atoms with Gasteiger partial charge in [-0.2, -0.15) is 0 Å². The smallest absolute Gasteiger partial charge is 0.165 e. The molecule has 4 nitrogen and oxygen atoms in total. The van der Waals surface area contributed by atoms with E-state index in [4.69, 9.17) is 35.8 Å². The summed E-state index contributed by atoms with van der Waals surface area (Å²) in [6.45, 7) is 0. The number of para-hydroxylation sites is 1. The van der Waals surface area contributed by atoms with Gasteiger partial charge in [0, 0.05) is 47.6 Å². The Morgan fingerprint density at radius 3 is 1.90 bits per heavy atom. The number of furan rings is 1. The van der Waals surface area contributed by atoms with Crippen molar-refractivity contribution in [3.05, 3.63) is 163 Å². The summed E-state index contributed by atoms with van der Waals surface area (Å²) in [6.07, 6.45) is 0. The van der Waals surface area contributed by atoms with Crippen molar-refractivity contribution < 1.29 is 23.6 Å². The van der Waals surface area contributed by atoms with Crippen LogP contribution < -0.4 is 0 Å². The van der Waals surface area contributed by atoms with Crippen LogP contribution in [-0.2, 0) is 0 Å². The third-order valence-corrected chi connectivity index (χ3v) is 9.54. The average molecular weight is 672 g/mol. The molecule has 10 rings (SSSR count). The van der Waals surface area contributed by atoms with E-state index >= 15 is 0 Å². The summed E-state index contributed by atoms with van der Waals surface area (Å²) in [4.78, 5) is 14.3. The Morgan fingerprint density at radius 2 is 1.06 bits per heavy atom. The second kappa shape index (κ2) is 11.6. The Kier molecular flexibility index (Phi) is 4.14. The molecule has 0 radical (unpaired) electrons. The van der Waals surface area contributed by atoms with E-state index in [9.17, 15) is 2.74 Å². The van der Waals surface area contributed by atoms with Gasteiger partial charge in [0.25, 0.3) is 0 Å². The fourth-order valence-electron chi connectivity index (χ4n) is 6.06. The van der Waals surface area contributed by atoms with E-state index in [-0.39, 0.29) is 76.8 Å². The van der Waals surface area contributed by atoms with Crippen molar-refractivity contribution in [3.63, 3.8) is 0 Å². The molecule has 10 aromatic rings. The highest BCUT2D eigenvalue weighted by molar-refractivity contribution is 7.26. The lowest BCUT2D eigenvalue weighted by Crippen LogP contribution is -2.00. The lowest BCUT2D eigenvalue weighted by molar-refractivity contribution is 0.669. The molecule has 0 fully saturated rings. The van der Waals surface area contributed by atoms with Gasteiger partial charge in [-0.15, -0.1) is 11.3 Å². The van der Waals surface area contributed by atoms with Crippen molar-refractivity contribution >= 4 is 53.4 Å². The first kappa shape index (κ1) is 17.8. The van der Waals surface area contributed by atoms with E-state index in [0.29, 0.717) is 5.56 Å². The Hall–Kier alpha value is -6.43. The van der Waals surface area contributed by atoms with Crippen molar-refractivity contribution in [2.45, 2.75) is 0 Å². The highest BCUT2D eigenvalue weighted by Crippen LogP contribution is 2.41. The van der Waals surface area contributed by atoms with Gasteiger partial charge in [0.2, 0.25) is 0 Å². The maximum Gasteiger partial charge on any atom is 0.165 e.